The minimum atomic E-state index is -0.384. The van der Waals surface area contributed by atoms with Gasteiger partial charge in [-0.3, -0.25) is 0 Å². The predicted octanol–water partition coefficient (Wildman–Crippen LogP) is 2.37. The standard InChI is InChI=1S/C13H16FNO3/c1-9(13(16)18-3)4-5-15-11-6-10(14)7-12(8-11)17-2/h4,6-8,15H,5H2,1-3H3/b9-4+. The zero-order valence-corrected chi connectivity index (χ0v) is 10.6. The average molecular weight is 253 g/mol. The molecule has 0 spiro atoms. The minimum Gasteiger partial charge on any atom is -0.497 e. The Kier molecular flexibility index (Phi) is 5.17. The lowest BCUT2D eigenvalue weighted by Gasteiger charge is -2.07. The van der Waals surface area contributed by atoms with E-state index in [1.165, 1.54) is 26.4 Å². The van der Waals surface area contributed by atoms with Gasteiger partial charge in [-0.15, -0.1) is 0 Å². The van der Waals surface area contributed by atoms with E-state index in [1.807, 2.05) is 0 Å². The number of nitrogens with one attached hydrogen (secondary N) is 1. The maximum absolute atomic E-state index is 13.2. The molecule has 1 N–H and O–H groups in total. The monoisotopic (exact) mass is 253 g/mol. The first-order valence-corrected chi connectivity index (χ1v) is 5.40. The summed E-state index contributed by atoms with van der Waals surface area (Å²) in [4.78, 5) is 11.1. The molecule has 1 aromatic rings. The van der Waals surface area contributed by atoms with Crippen LogP contribution in [0.3, 0.4) is 0 Å². The third-order valence-electron chi connectivity index (χ3n) is 2.33. The Hall–Kier alpha value is -2.04. The molecular weight excluding hydrogens is 237 g/mol. The Morgan fingerprint density at radius 3 is 2.72 bits per heavy atom. The van der Waals surface area contributed by atoms with Crippen molar-refractivity contribution in [1.82, 2.24) is 0 Å². The first kappa shape index (κ1) is 14.0. The lowest BCUT2D eigenvalue weighted by Crippen LogP contribution is -2.05. The number of methoxy groups -OCH3 is 2. The van der Waals surface area contributed by atoms with E-state index in [0.717, 1.165) is 0 Å². The van der Waals surface area contributed by atoms with Crippen LogP contribution in [0.15, 0.2) is 29.8 Å². The van der Waals surface area contributed by atoms with Crippen molar-refractivity contribution in [1.29, 1.82) is 0 Å². The number of hydrogen-bond acceptors (Lipinski definition) is 4. The van der Waals surface area contributed by atoms with Gasteiger partial charge in [0.15, 0.2) is 0 Å². The third-order valence-corrected chi connectivity index (χ3v) is 2.33. The Balaban J connectivity index is 2.64. The summed E-state index contributed by atoms with van der Waals surface area (Å²) in [6.07, 6.45) is 1.67. The highest BCUT2D eigenvalue weighted by Gasteiger charge is 2.03. The molecule has 0 aliphatic carbocycles. The summed E-state index contributed by atoms with van der Waals surface area (Å²) in [6, 6.07) is 4.31. The molecular formula is C13H16FNO3. The van der Waals surface area contributed by atoms with Crippen molar-refractivity contribution in [3.8, 4) is 5.75 Å². The van der Waals surface area contributed by atoms with Gasteiger partial charge in [-0.05, 0) is 13.0 Å². The van der Waals surface area contributed by atoms with Gasteiger partial charge in [0, 0.05) is 29.9 Å². The molecule has 4 nitrogen and oxygen atoms in total. The maximum Gasteiger partial charge on any atom is 0.333 e. The van der Waals surface area contributed by atoms with Crippen molar-refractivity contribution >= 4 is 11.7 Å². The highest BCUT2D eigenvalue weighted by Crippen LogP contribution is 2.19. The molecule has 0 fully saturated rings. The van der Waals surface area contributed by atoms with E-state index in [4.69, 9.17) is 4.74 Å². The lowest BCUT2D eigenvalue weighted by molar-refractivity contribution is -0.136. The summed E-state index contributed by atoms with van der Waals surface area (Å²) in [5.41, 5.74) is 1.08. The Morgan fingerprint density at radius 2 is 2.11 bits per heavy atom. The van der Waals surface area contributed by atoms with E-state index in [0.29, 0.717) is 23.6 Å². The van der Waals surface area contributed by atoms with E-state index in [-0.39, 0.29) is 11.8 Å². The fourth-order valence-corrected chi connectivity index (χ4v) is 1.35. The third kappa shape index (κ3) is 4.08. The lowest BCUT2D eigenvalue weighted by atomic mass is 10.2. The van der Waals surface area contributed by atoms with Gasteiger partial charge in [0.2, 0.25) is 0 Å². The SMILES string of the molecule is COC(=O)/C(C)=C/CNc1cc(F)cc(OC)c1. The topological polar surface area (TPSA) is 47.6 Å². The van der Waals surface area contributed by atoms with Crippen LogP contribution in [0.25, 0.3) is 0 Å². The van der Waals surface area contributed by atoms with E-state index < -0.39 is 0 Å². The molecule has 0 saturated carbocycles. The molecule has 5 heteroatoms. The number of carbonyl (C=O) groups is 1. The van der Waals surface area contributed by atoms with E-state index in [1.54, 1.807) is 19.1 Å². The molecule has 1 aromatic carbocycles. The summed E-state index contributed by atoms with van der Waals surface area (Å²) in [7, 11) is 2.80. The summed E-state index contributed by atoms with van der Waals surface area (Å²) < 4.78 is 22.7. The van der Waals surface area contributed by atoms with Crippen LogP contribution in [-0.4, -0.2) is 26.7 Å². The normalized spacial score (nSPS) is 11.0. The second kappa shape index (κ2) is 6.64. The van der Waals surface area contributed by atoms with E-state index >= 15 is 0 Å². The van der Waals surface area contributed by atoms with Gasteiger partial charge < -0.3 is 14.8 Å². The van der Waals surface area contributed by atoms with Gasteiger partial charge in [-0.1, -0.05) is 6.08 Å². The average Bonchev–Trinajstić information content (AvgIpc) is 2.36. The highest BCUT2D eigenvalue weighted by molar-refractivity contribution is 5.87. The number of halogens is 1. The second-order valence-corrected chi connectivity index (χ2v) is 3.64. The van der Waals surface area contributed by atoms with Crippen LogP contribution < -0.4 is 10.1 Å². The first-order chi connectivity index (χ1) is 8.56. The van der Waals surface area contributed by atoms with Crippen LogP contribution in [0.2, 0.25) is 0 Å². The summed E-state index contributed by atoms with van der Waals surface area (Å²) in [5.74, 6) is -0.328. The number of benzene rings is 1. The van der Waals surface area contributed by atoms with Crippen molar-refractivity contribution < 1.29 is 18.7 Å². The smallest absolute Gasteiger partial charge is 0.333 e. The molecule has 0 atom stereocenters. The van der Waals surface area contributed by atoms with Crippen molar-refractivity contribution in [3.05, 3.63) is 35.7 Å². The number of esters is 1. The maximum atomic E-state index is 13.2. The molecule has 0 unspecified atom stereocenters. The van der Waals surface area contributed by atoms with Crippen molar-refractivity contribution in [2.45, 2.75) is 6.92 Å². The molecule has 0 aromatic heterocycles. The molecule has 0 heterocycles. The fourth-order valence-electron chi connectivity index (χ4n) is 1.35. The van der Waals surface area contributed by atoms with Gasteiger partial charge in [-0.2, -0.15) is 0 Å². The van der Waals surface area contributed by atoms with Crippen LogP contribution in [0.4, 0.5) is 10.1 Å². The van der Waals surface area contributed by atoms with Gasteiger partial charge in [0.05, 0.1) is 14.2 Å². The molecule has 0 aliphatic rings. The van der Waals surface area contributed by atoms with Gasteiger partial charge >= 0.3 is 5.97 Å². The number of rotatable bonds is 5. The predicted molar refractivity (Wildman–Crippen MR) is 67.2 cm³/mol. The molecule has 0 saturated heterocycles. The van der Waals surface area contributed by atoms with Crippen LogP contribution in [0.5, 0.6) is 5.75 Å². The summed E-state index contributed by atoms with van der Waals surface area (Å²) >= 11 is 0. The second-order valence-electron chi connectivity index (χ2n) is 3.64. The van der Waals surface area contributed by atoms with Crippen LogP contribution in [0.1, 0.15) is 6.92 Å². The highest BCUT2D eigenvalue weighted by atomic mass is 19.1. The molecule has 18 heavy (non-hydrogen) atoms. The molecule has 98 valence electrons. The molecule has 0 bridgehead atoms. The Bertz CT molecular complexity index is 458. The zero-order chi connectivity index (χ0) is 13.5. The van der Waals surface area contributed by atoms with Crippen LogP contribution >= 0.6 is 0 Å². The quantitative estimate of drug-likeness (QED) is 0.646. The Labute approximate surface area is 105 Å². The molecule has 0 radical (unpaired) electrons. The van der Waals surface area contributed by atoms with Crippen molar-refractivity contribution in [2.24, 2.45) is 0 Å². The molecule has 0 aliphatic heterocycles. The fraction of sp³-hybridized carbons (Fsp3) is 0.308. The van der Waals surface area contributed by atoms with E-state index in [2.05, 4.69) is 10.1 Å². The van der Waals surface area contributed by atoms with Crippen LogP contribution in [0, 0.1) is 5.82 Å². The molecule has 1 rings (SSSR count). The number of carbonyl (C=O) groups excluding carboxylic acids is 1. The van der Waals surface area contributed by atoms with E-state index in [9.17, 15) is 9.18 Å². The summed E-state index contributed by atoms with van der Waals surface area (Å²) in [6.45, 7) is 2.05. The number of ether oxygens (including phenoxy) is 2. The number of anilines is 1. The van der Waals surface area contributed by atoms with Gasteiger partial charge in [-0.25, -0.2) is 9.18 Å². The van der Waals surface area contributed by atoms with Crippen molar-refractivity contribution in [3.63, 3.8) is 0 Å². The Morgan fingerprint density at radius 1 is 1.39 bits per heavy atom. The van der Waals surface area contributed by atoms with Gasteiger partial charge in [0.25, 0.3) is 0 Å². The largest absolute Gasteiger partial charge is 0.497 e. The van der Waals surface area contributed by atoms with Crippen molar-refractivity contribution in [2.75, 3.05) is 26.1 Å². The van der Waals surface area contributed by atoms with Crippen LogP contribution in [-0.2, 0) is 9.53 Å². The van der Waals surface area contributed by atoms with Gasteiger partial charge in [0.1, 0.15) is 11.6 Å². The first-order valence-electron chi connectivity index (χ1n) is 5.40. The number of hydrogen-bond donors (Lipinski definition) is 1. The summed E-state index contributed by atoms with van der Waals surface area (Å²) in [5, 5.41) is 2.97. The molecule has 0 amide bonds. The minimum absolute atomic E-state index is 0.381. The zero-order valence-electron chi connectivity index (χ0n) is 10.6.